The number of hydrogen-bond donors (Lipinski definition) is 4. The second kappa shape index (κ2) is 8.83. The lowest BCUT2D eigenvalue weighted by molar-refractivity contribution is -0.115. The fourth-order valence-corrected chi connectivity index (χ4v) is 4.26. The highest BCUT2D eigenvalue weighted by Crippen LogP contribution is 2.34. The normalized spacial score (nSPS) is 11.3. The van der Waals surface area contributed by atoms with Crippen LogP contribution in [0.5, 0.6) is 5.75 Å². The molecule has 0 radical (unpaired) electrons. The Morgan fingerprint density at radius 3 is 2.78 bits per heavy atom. The molecule has 0 bridgehead atoms. The largest absolute Gasteiger partial charge is 0.508 e. The van der Waals surface area contributed by atoms with Crippen LogP contribution in [0, 0.1) is 5.82 Å². The van der Waals surface area contributed by atoms with Crippen LogP contribution in [0.4, 0.5) is 10.1 Å². The van der Waals surface area contributed by atoms with E-state index in [2.05, 4.69) is 30.5 Å². The van der Waals surface area contributed by atoms with E-state index < -0.39 is 5.82 Å². The number of anilines is 1. The number of H-pyrrole nitrogens is 2. The summed E-state index contributed by atoms with van der Waals surface area (Å²) >= 11 is 0. The predicted octanol–water partition coefficient (Wildman–Crippen LogP) is 5.42. The zero-order valence-corrected chi connectivity index (χ0v) is 19.6. The van der Waals surface area contributed by atoms with Crippen LogP contribution in [0.15, 0.2) is 67.1 Å². The van der Waals surface area contributed by atoms with Gasteiger partial charge in [-0.05, 0) is 35.9 Å². The summed E-state index contributed by atoms with van der Waals surface area (Å²) in [7, 11) is 0. The van der Waals surface area contributed by atoms with Crippen molar-refractivity contribution >= 4 is 33.5 Å². The maximum Gasteiger partial charge on any atom is 0.224 e. The lowest BCUT2D eigenvalue weighted by Crippen LogP contribution is -2.09. The summed E-state index contributed by atoms with van der Waals surface area (Å²) in [5.74, 6) is -0.270. The molecule has 0 aliphatic carbocycles. The summed E-state index contributed by atoms with van der Waals surface area (Å²) in [6.07, 6.45) is 5.31. The third-order valence-electron chi connectivity index (χ3n) is 6.02. The van der Waals surface area contributed by atoms with E-state index in [4.69, 9.17) is 4.98 Å². The van der Waals surface area contributed by atoms with Crippen LogP contribution >= 0.6 is 0 Å². The van der Waals surface area contributed by atoms with Gasteiger partial charge in [-0.1, -0.05) is 19.1 Å². The number of carbonyl (C=O) groups excluding carboxylic acids is 1. The lowest BCUT2D eigenvalue weighted by Gasteiger charge is -2.06. The van der Waals surface area contributed by atoms with Gasteiger partial charge in [-0.25, -0.2) is 9.37 Å². The van der Waals surface area contributed by atoms with E-state index in [1.54, 1.807) is 25.5 Å². The highest BCUT2D eigenvalue weighted by Gasteiger charge is 2.17. The SMILES string of the molecule is CCC(=O)Nc1cncc(-c2cc3c(-c4nc5c(-c6cc(O)cc(F)c6)cccc5[nH]4)n[nH]c3cn2)c1. The maximum absolute atomic E-state index is 14.0. The van der Waals surface area contributed by atoms with Crippen molar-refractivity contribution in [2.75, 3.05) is 5.32 Å². The number of aromatic amines is 2. The molecule has 0 unspecified atom stereocenters. The number of aromatic nitrogens is 6. The van der Waals surface area contributed by atoms with Crippen molar-refractivity contribution in [1.82, 2.24) is 30.1 Å². The maximum atomic E-state index is 14.0. The standard InChI is InChI=1S/C27H20FN7O2/c1-2-24(37)31-17-7-15(11-29-12-17)22-10-20-23(13-30-22)34-35-26(20)27-32-21-5-3-4-19(25(21)33-27)14-6-16(28)9-18(36)8-14/h3-13,36H,2H2,1H3,(H,31,37)(H,32,33)(H,34,35). The number of carbonyl (C=O) groups is 1. The summed E-state index contributed by atoms with van der Waals surface area (Å²) < 4.78 is 14.0. The highest BCUT2D eigenvalue weighted by atomic mass is 19.1. The number of rotatable bonds is 5. The molecule has 0 saturated carbocycles. The van der Waals surface area contributed by atoms with Gasteiger partial charge >= 0.3 is 0 Å². The summed E-state index contributed by atoms with van der Waals surface area (Å²) in [5.41, 5.74) is 5.84. The Hall–Kier alpha value is -5.12. The van der Waals surface area contributed by atoms with Crippen LogP contribution in [-0.2, 0) is 4.79 Å². The van der Waals surface area contributed by atoms with Crippen molar-refractivity contribution in [2.45, 2.75) is 13.3 Å². The number of aromatic hydroxyl groups is 1. The van der Waals surface area contributed by atoms with Crippen molar-refractivity contribution in [3.8, 4) is 39.7 Å². The first kappa shape index (κ1) is 22.4. The number of imidazole rings is 1. The zero-order chi connectivity index (χ0) is 25.5. The molecule has 2 aromatic carbocycles. The minimum atomic E-state index is -0.533. The van der Waals surface area contributed by atoms with Crippen LogP contribution in [0.1, 0.15) is 13.3 Å². The Labute approximate surface area is 209 Å². The molecule has 182 valence electrons. The van der Waals surface area contributed by atoms with Gasteiger partial charge in [-0.2, -0.15) is 5.10 Å². The molecule has 4 heterocycles. The monoisotopic (exact) mass is 493 g/mol. The van der Waals surface area contributed by atoms with Gasteiger partial charge in [-0.15, -0.1) is 0 Å². The van der Waals surface area contributed by atoms with E-state index in [9.17, 15) is 14.3 Å². The topological polar surface area (TPSA) is 132 Å². The third-order valence-corrected chi connectivity index (χ3v) is 6.02. The minimum absolute atomic E-state index is 0.0998. The van der Waals surface area contributed by atoms with Gasteiger partial charge in [0, 0.05) is 35.2 Å². The Balaban J connectivity index is 1.43. The Bertz CT molecular complexity index is 1790. The van der Waals surface area contributed by atoms with Gasteiger partial charge in [-0.3, -0.25) is 19.9 Å². The fourth-order valence-electron chi connectivity index (χ4n) is 4.26. The van der Waals surface area contributed by atoms with Crippen molar-refractivity contribution in [3.63, 3.8) is 0 Å². The minimum Gasteiger partial charge on any atom is -0.508 e. The molecule has 6 aromatic rings. The first-order valence-electron chi connectivity index (χ1n) is 11.6. The number of fused-ring (bicyclic) bond motifs is 2. The number of pyridine rings is 2. The summed E-state index contributed by atoms with van der Waals surface area (Å²) in [5, 5.41) is 20.9. The van der Waals surface area contributed by atoms with E-state index >= 15 is 0 Å². The quantitative estimate of drug-likeness (QED) is 0.253. The van der Waals surface area contributed by atoms with Crippen molar-refractivity contribution in [3.05, 3.63) is 72.9 Å². The molecule has 4 aromatic heterocycles. The second-order valence-electron chi connectivity index (χ2n) is 8.54. The van der Waals surface area contributed by atoms with E-state index in [0.717, 1.165) is 28.0 Å². The molecule has 0 spiro atoms. The van der Waals surface area contributed by atoms with E-state index in [1.165, 1.54) is 12.1 Å². The van der Waals surface area contributed by atoms with Gasteiger partial charge in [0.05, 0.1) is 40.3 Å². The van der Waals surface area contributed by atoms with E-state index in [1.807, 2.05) is 30.3 Å². The van der Waals surface area contributed by atoms with E-state index in [-0.39, 0.29) is 11.7 Å². The number of nitrogens with zero attached hydrogens (tertiary/aromatic N) is 4. The van der Waals surface area contributed by atoms with E-state index in [0.29, 0.717) is 46.0 Å². The Morgan fingerprint density at radius 2 is 1.95 bits per heavy atom. The molecule has 10 heteroatoms. The van der Waals surface area contributed by atoms with Crippen molar-refractivity contribution < 1.29 is 14.3 Å². The number of halogens is 1. The molecular formula is C27H20FN7O2. The fraction of sp³-hybridized carbons (Fsp3) is 0.0741. The average Bonchev–Trinajstić information content (AvgIpc) is 3.51. The molecule has 0 fully saturated rings. The van der Waals surface area contributed by atoms with Crippen molar-refractivity contribution in [2.24, 2.45) is 0 Å². The highest BCUT2D eigenvalue weighted by molar-refractivity contribution is 5.98. The second-order valence-corrected chi connectivity index (χ2v) is 8.54. The molecule has 6 rings (SSSR count). The number of amides is 1. The number of para-hydroxylation sites is 1. The predicted molar refractivity (Wildman–Crippen MR) is 138 cm³/mol. The average molecular weight is 494 g/mol. The van der Waals surface area contributed by atoms with Gasteiger partial charge in [0.2, 0.25) is 5.91 Å². The number of phenols is 1. The summed E-state index contributed by atoms with van der Waals surface area (Å²) in [6, 6.07) is 13.1. The molecule has 0 aliphatic heterocycles. The summed E-state index contributed by atoms with van der Waals surface area (Å²) in [4.78, 5) is 28.6. The first-order valence-corrected chi connectivity index (χ1v) is 11.6. The van der Waals surface area contributed by atoms with Crippen molar-refractivity contribution in [1.29, 1.82) is 0 Å². The molecule has 0 aliphatic rings. The lowest BCUT2D eigenvalue weighted by atomic mass is 10.0. The number of hydrogen-bond acceptors (Lipinski definition) is 6. The van der Waals surface area contributed by atoms with Gasteiger partial charge in [0.25, 0.3) is 0 Å². The van der Waals surface area contributed by atoms with Crippen LogP contribution in [-0.4, -0.2) is 41.1 Å². The van der Waals surface area contributed by atoms with Crippen LogP contribution in [0.2, 0.25) is 0 Å². The van der Waals surface area contributed by atoms with Crippen LogP contribution < -0.4 is 5.32 Å². The number of nitrogens with one attached hydrogen (secondary N) is 3. The molecule has 4 N–H and O–H groups in total. The molecule has 9 nitrogen and oxygen atoms in total. The van der Waals surface area contributed by atoms with Crippen LogP contribution in [0.3, 0.4) is 0 Å². The molecular weight excluding hydrogens is 473 g/mol. The number of phenolic OH excluding ortho intramolecular Hbond substituents is 1. The molecule has 0 atom stereocenters. The zero-order valence-electron chi connectivity index (χ0n) is 19.6. The van der Waals surface area contributed by atoms with Gasteiger partial charge in [0.15, 0.2) is 5.82 Å². The molecule has 1 amide bonds. The van der Waals surface area contributed by atoms with Gasteiger partial charge < -0.3 is 15.4 Å². The third kappa shape index (κ3) is 4.14. The Kier molecular flexibility index (Phi) is 5.33. The Morgan fingerprint density at radius 1 is 1.05 bits per heavy atom. The summed E-state index contributed by atoms with van der Waals surface area (Å²) in [6.45, 7) is 1.78. The molecule has 0 saturated heterocycles. The van der Waals surface area contributed by atoms with Crippen LogP contribution in [0.25, 0.3) is 55.8 Å². The molecule has 37 heavy (non-hydrogen) atoms. The smallest absolute Gasteiger partial charge is 0.224 e. The first-order chi connectivity index (χ1) is 18.0. The van der Waals surface area contributed by atoms with Gasteiger partial charge in [0.1, 0.15) is 17.3 Å². The number of benzene rings is 2.